The zero-order valence-corrected chi connectivity index (χ0v) is 13.1. The summed E-state index contributed by atoms with van der Waals surface area (Å²) in [4.78, 5) is 4.08. The molecule has 0 amide bonds. The summed E-state index contributed by atoms with van der Waals surface area (Å²) in [6.07, 6.45) is 3.54. The van der Waals surface area contributed by atoms with Crippen LogP contribution in [0, 0.1) is 0 Å². The lowest BCUT2D eigenvalue weighted by molar-refractivity contribution is 0.657. The number of hydrogen-bond donors (Lipinski definition) is 1. The fraction of sp³-hybridized carbons (Fsp3) is 0.105. The molecule has 2 heterocycles. The van der Waals surface area contributed by atoms with Gasteiger partial charge in [0.05, 0.1) is 12.2 Å². The van der Waals surface area contributed by atoms with Gasteiger partial charge in [-0.1, -0.05) is 47.7 Å². The standard InChI is InChI=1S/C19H17N5/c20-12-18-19(15-8-10-21-11-9-15)24(23-22-18)13-16-6-3-5-14-4-1-2-7-17(14)16/h1-11H,12-13,20H2. The second-order valence-electron chi connectivity index (χ2n) is 5.62. The first-order valence-electron chi connectivity index (χ1n) is 7.86. The normalized spacial score (nSPS) is 11.0. The van der Waals surface area contributed by atoms with Gasteiger partial charge in [0.25, 0.3) is 0 Å². The van der Waals surface area contributed by atoms with Gasteiger partial charge in [0.1, 0.15) is 5.69 Å². The summed E-state index contributed by atoms with van der Waals surface area (Å²) in [5.41, 5.74) is 9.83. The molecule has 5 nitrogen and oxygen atoms in total. The van der Waals surface area contributed by atoms with Crippen LogP contribution in [-0.4, -0.2) is 20.0 Å². The Bertz CT molecular complexity index is 970. The van der Waals surface area contributed by atoms with Gasteiger partial charge in [-0.3, -0.25) is 4.98 Å². The molecule has 0 unspecified atom stereocenters. The molecule has 0 saturated carbocycles. The quantitative estimate of drug-likeness (QED) is 0.628. The maximum atomic E-state index is 5.85. The molecule has 4 rings (SSSR count). The van der Waals surface area contributed by atoms with E-state index in [1.54, 1.807) is 12.4 Å². The van der Waals surface area contributed by atoms with E-state index in [1.807, 2.05) is 16.8 Å². The summed E-state index contributed by atoms with van der Waals surface area (Å²) in [5, 5.41) is 11.0. The first-order valence-corrected chi connectivity index (χ1v) is 7.86. The van der Waals surface area contributed by atoms with Gasteiger partial charge in [0.15, 0.2) is 0 Å². The SMILES string of the molecule is NCc1nnn(Cc2cccc3ccccc23)c1-c1ccncc1. The van der Waals surface area contributed by atoms with Crippen molar-refractivity contribution in [3.8, 4) is 11.3 Å². The average Bonchev–Trinajstić information content (AvgIpc) is 3.05. The van der Waals surface area contributed by atoms with Gasteiger partial charge in [-0.2, -0.15) is 0 Å². The van der Waals surface area contributed by atoms with E-state index < -0.39 is 0 Å². The maximum absolute atomic E-state index is 5.85. The molecule has 0 bridgehead atoms. The minimum absolute atomic E-state index is 0.354. The van der Waals surface area contributed by atoms with Crippen LogP contribution in [0.25, 0.3) is 22.0 Å². The monoisotopic (exact) mass is 315 g/mol. The van der Waals surface area contributed by atoms with E-state index in [9.17, 15) is 0 Å². The molecule has 2 N–H and O–H groups in total. The molecule has 0 atom stereocenters. The Labute approximate surface area is 139 Å². The van der Waals surface area contributed by atoms with Crippen LogP contribution in [0.2, 0.25) is 0 Å². The fourth-order valence-corrected chi connectivity index (χ4v) is 3.01. The van der Waals surface area contributed by atoms with Crippen LogP contribution >= 0.6 is 0 Å². The van der Waals surface area contributed by atoms with Crippen molar-refractivity contribution in [2.45, 2.75) is 13.1 Å². The molecule has 0 spiro atoms. The number of nitrogens with two attached hydrogens (primary N) is 1. The molecule has 0 fully saturated rings. The first kappa shape index (κ1) is 14.5. The zero-order valence-electron chi connectivity index (χ0n) is 13.1. The van der Waals surface area contributed by atoms with Crippen LogP contribution in [0.5, 0.6) is 0 Å². The molecule has 2 aromatic carbocycles. The van der Waals surface area contributed by atoms with Gasteiger partial charge in [-0.25, -0.2) is 4.68 Å². The molecule has 118 valence electrons. The Hall–Kier alpha value is -3.05. The van der Waals surface area contributed by atoms with Crippen LogP contribution < -0.4 is 5.73 Å². The van der Waals surface area contributed by atoms with Gasteiger partial charge in [-0.05, 0) is 28.5 Å². The minimum atomic E-state index is 0.354. The molecular weight excluding hydrogens is 298 g/mol. The van der Waals surface area contributed by atoms with Crippen molar-refractivity contribution in [1.82, 2.24) is 20.0 Å². The number of nitrogens with zero attached hydrogens (tertiary/aromatic N) is 4. The van der Waals surface area contributed by atoms with Crippen LogP contribution in [0.1, 0.15) is 11.3 Å². The first-order chi connectivity index (χ1) is 11.9. The van der Waals surface area contributed by atoms with E-state index in [0.717, 1.165) is 17.0 Å². The third-order valence-corrected chi connectivity index (χ3v) is 4.15. The van der Waals surface area contributed by atoms with Gasteiger partial charge in [0.2, 0.25) is 0 Å². The highest BCUT2D eigenvalue weighted by molar-refractivity contribution is 5.85. The predicted octanol–water partition coefficient (Wildman–Crippen LogP) is 3.00. The van der Waals surface area contributed by atoms with Crippen molar-refractivity contribution < 1.29 is 0 Å². The summed E-state index contributed by atoms with van der Waals surface area (Å²) >= 11 is 0. The number of pyridine rings is 1. The molecule has 2 aromatic heterocycles. The lowest BCUT2D eigenvalue weighted by Gasteiger charge is -2.10. The summed E-state index contributed by atoms with van der Waals surface area (Å²) < 4.78 is 1.92. The van der Waals surface area contributed by atoms with Gasteiger partial charge >= 0.3 is 0 Å². The van der Waals surface area contributed by atoms with E-state index in [1.165, 1.54) is 16.3 Å². The number of hydrogen-bond acceptors (Lipinski definition) is 4. The smallest absolute Gasteiger partial charge is 0.104 e. The number of benzene rings is 2. The fourth-order valence-electron chi connectivity index (χ4n) is 3.01. The molecule has 4 aromatic rings. The summed E-state index contributed by atoms with van der Waals surface area (Å²) in [6, 6.07) is 18.6. The molecule has 0 saturated heterocycles. The van der Waals surface area contributed by atoms with Crippen molar-refractivity contribution in [1.29, 1.82) is 0 Å². The highest BCUT2D eigenvalue weighted by Gasteiger charge is 2.14. The molecule has 0 aliphatic heterocycles. The Morgan fingerprint density at radius 2 is 1.71 bits per heavy atom. The number of rotatable bonds is 4. The van der Waals surface area contributed by atoms with Crippen LogP contribution in [0.15, 0.2) is 67.0 Å². The van der Waals surface area contributed by atoms with Crippen molar-refractivity contribution in [3.05, 3.63) is 78.2 Å². The predicted molar refractivity (Wildman–Crippen MR) is 94.2 cm³/mol. The molecule has 0 radical (unpaired) electrons. The van der Waals surface area contributed by atoms with Crippen molar-refractivity contribution in [2.75, 3.05) is 0 Å². The molecule has 0 aliphatic rings. The summed E-state index contributed by atoms with van der Waals surface area (Å²) in [5.74, 6) is 0. The number of aromatic nitrogens is 4. The van der Waals surface area contributed by atoms with E-state index in [2.05, 4.69) is 57.8 Å². The van der Waals surface area contributed by atoms with Crippen molar-refractivity contribution >= 4 is 10.8 Å². The maximum Gasteiger partial charge on any atom is 0.104 e. The van der Waals surface area contributed by atoms with E-state index in [-0.39, 0.29) is 0 Å². The Kier molecular flexibility index (Phi) is 3.76. The summed E-state index contributed by atoms with van der Waals surface area (Å²) in [6.45, 7) is 0.999. The average molecular weight is 315 g/mol. The second-order valence-corrected chi connectivity index (χ2v) is 5.62. The van der Waals surface area contributed by atoms with E-state index in [4.69, 9.17) is 5.73 Å². The van der Waals surface area contributed by atoms with Crippen LogP contribution in [0.4, 0.5) is 0 Å². The third kappa shape index (κ3) is 2.55. The van der Waals surface area contributed by atoms with Crippen LogP contribution in [-0.2, 0) is 13.1 Å². The largest absolute Gasteiger partial charge is 0.325 e. The number of fused-ring (bicyclic) bond motifs is 1. The highest BCUT2D eigenvalue weighted by atomic mass is 15.4. The Morgan fingerprint density at radius 1 is 0.917 bits per heavy atom. The van der Waals surface area contributed by atoms with Gasteiger partial charge < -0.3 is 5.73 Å². The molecule has 5 heteroatoms. The van der Waals surface area contributed by atoms with E-state index in [0.29, 0.717) is 13.1 Å². The molecule has 24 heavy (non-hydrogen) atoms. The zero-order chi connectivity index (χ0) is 16.4. The molecule has 0 aliphatic carbocycles. The van der Waals surface area contributed by atoms with Gasteiger partial charge in [0, 0.05) is 24.5 Å². The van der Waals surface area contributed by atoms with Gasteiger partial charge in [-0.15, -0.1) is 5.10 Å². The second kappa shape index (κ2) is 6.22. The minimum Gasteiger partial charge on any atom is -0.325 e. The topological polar surface area (TPSA) is 69.6 Å². The summed E-state index contributed by atoms with van der Waals surface area (Å²) in [7, 11) is 0. The van der Waals surface area contributed by atoms with Crippen molar-refractivity contribution in [3.63, 3.8) is 0 Å². The molecular formula is C19H17N5. The van der Waals surface area contributed by atoms with E-state index >= 15 is 0 Å². The van der Waals surface area contributed by atoms with Crippen molar-refractivity contribution in [2.24, 2.45) is 5.73 Å². The Morgan fingerprint density at radius 3 is 2.54 bits per heavy atom. The van der Waals surface area contributed by atoms with Crippen LogP contribution in [0.3, 0.4) is 0 Å². The lowest BCUT2D eigenvalue weighted by Crippen LogP contribution is -2.06. The highest BCUT2D eigenvalue weighted by Crippen LogP contribution is 2.24. The Balaban J connectivity index is 1.82. The lowest BCUT2D eigenvalue weighted by atomic mass is 10.0. The third-order valence-electron chi connectivity index (χ3n) is 4.15.